The molecule has 0 bridgehead atoms. The Morgan fingerprint density at radius 3 is 2.40 bits per heavy atom. The van der Waals surface area contributed by atoms with E-state index in [1.807, 2.05) is 53.3 Å². The predicted octanol–water partition coefficient (Wildman–Crippen LogP) is 6.76. The molecule has 300 valence electrons. The summed E-state index contributed by atoms with van der Waals surface area (Å²) in [5.74, 6) is 2.64. The van der Waals surface area contributed by atoms with Crippen LogP contribution in [0.3, 0.4) is 0 Å². The molecule has 2 atom stereocenters. The Bertz CT molecular complexity index is 2480. The number of rotatable bonds is 11. The quantitative estimate of drug-likeness (QED) is 0.133. The lowest BCUT2D eigenvalue weighted by atomic mass is 9.83. The van der Waals surface area contributed by atoms with Crippen LogP contribution in [0.4, 0.5) is 0 Å². The van der Waals surface area contributed by atoms with E-state index < -0.39 is 6.29 Å². The first-order valence-corrected chi connectivity index (χ1v) is 20.2. The fourth-order valence-corrected chi connectivity index (χ4v) is 9.17. The van der Waals surface area contributed by atoms with Crippen molar-refractivity contribution >= 4 is 22.0 Å². The molecule has 2 aliphatic heterocycles. The minimum atomic E-state index is -0.583. The van der Waals surface area contributed by atoms with Gasteiger partial charge in [-0.3, -0.25) is 9.80 Å². The molecule has 6 aromatic rings. The Morgan fingerprint density at radius 2 is 1.67 bits per heavy atom. The monoisotopic (exact) mass is 783 g/mol. The van der Waals surface area contributed by atoms with Crippen molar-refractivity contribution in [3.05, 3.63) is 83.0 Å². The minimum absolute atomic E-state index is 0.00797. The molecule has 3 fully saturated rings. The summed E-state index contributed by atoms with van der Waals surface area (Å²) in [6.45, 7) is 5.00. The molecular weight excluding hydrogens is 735 g/mol. The fourth-order valence-electron chi connectivity index (χ4n) is 9.17. The second kappa shape index (κ2) is 15.8. The van der Waals surface area contributed by atoms with Crippen molar-refractivity contribution in [3.63, 3.8) is 0 Å². The molecule has 2 saturated heterocycles. The number of pyridine rings is 1. The third kappa shape index (κ3) is 7.20. The number of aromatic nitrogens is 4. The number of likely N-dealkylation sites (tertiary alicyclic amines) is 1. The van der Waals surface area contributed by atoms with Crippen LogP contribution in [0, 0.1) is 24.2 Å². The van der Waals surface area contributed by atoms with Crippen molar-refractivity contribution < 1.29 is 28.8 Å². The van der Waals surface area contributed by atoms with E-state index in [-0.39, 0.29) is 12.2 Å². The third-order valence-electron chi connectivity index (χ3n) is 12.5. The van der Waals surface area contributed by atoms with Crippen LogP contribution in [-0.2, 0) is 17.8 Å². The van der Waals surface area contributed by atoms with Crippen LogP contribution in [0.25, 0.3) is 50.4 Å². The molecular formula is C45H49N7O6. The molecule has 0 amide bonds. The summed E-state index contributed by atoms with van der Waals surface area (Å²) >= 11 is 0. The number of benzene rings is 3. The summed E-state index contributed by atoms with van der Waals surface area (Å²) in [4.78, 5) is 14.5. The van der Waals surface area contributed by atoms with Gasteiger partial charge in [-0.2, -0.15) is 15.3 Å². The van der Waals surface area contributed by atoms with Gasteiger partial charge in [0.2, 0.25) is 11.8 Å². The molecule has 2 unspecified atom stereocenters. The molecule has 3 aliphatic rings. The van der Waals surface area contributed by atoms with Gasteiger partial charge in [0.15, 0.2) is 17.7 Å². The Hall–Kier alpha value is -5.36. The van der Waals surface area contributed by atoms with Gasteiger partial charge >= 0.3 is 0 Å². The highest BCUT2D eigenvalue weighted by Crippen LogP contribution is 2.41. The summed E-state index contributed by atoms with van der Waals surface area (Å²) in [5, 5.41) is 35.5. The number of aliphatic hydroxyl groups is 2. The molecule has 3 aromatic heterocycles. The highest BCUT2D eigenvalue weighted by molar-refractivity contribution is 5.97. The maximum atomic E-state index is 10.1. The Labute approximate surface area is 337 Å². The normalized spacial score (nSPS) is 21.5. The average molecular weight is 784 g/mol. The van der Waals surface area contributed by atoms with Gasteiger partial charge in [0, 0.05) is 49.2 Å². The van der Waals surface area contributed by atoms with E-state index in [0.29, 0.717) is 65.1 Å². The van der Waals surface area contributed by atoms with Crippen LogP contribution in [-0.4, -0.2) is 98.7 Å². The summed E-state index contributed by atoms with van der Waals surface area (Å²) in [7, 11) is 5.44. The van der Waals surface area contributed by atoms with Gasteiger partial charge in [0.05, 0.1) is 43.2 Å². The number of fused-ring (bicyclic) bond motifs is 2. The van der Waals surface area contributed by atoms with Crippen molar-refractivity contribution in [2.24, 2.45) is 5.92 Å². The first-order chi connectivity index (χ1) is 28.2. The molecule has 0 radical (unpaired) electrons. The topological polar surface area (TPSA) is 158 Å². The molecule has 0 spiro atoms. The van der Waals surface area contributed by atoms with E-state index in [9.17, 15) is 15.5 Å². The van der Waals surface area contributed by atoms with Gasteiger partial charge < -0.3 is 28.8 Å². The SMILES string of the molecule is COc1cc(-n2ncc3c(-c4cccc(-c5nc6cc(CN7CCC(O)CC7)cc(C#N)c6o5)c4C)cccc32)nc(OC)c1CN(C)C1CCC(C2OC2O)CC1. The number of hydrogen-bond donors (Lipinski definition) is 2. The summed E-state index contributed by atoms with van der Waals surface area (Å²) in [6, 6.07) is 20.8. The fraction of sp³-hybridized carbons (Fsp3) is 0.422. The minimum Gasteiger partial charge on any atom is -0.496 e. The lowest BCUT2D eigenvalue weighted by Crippen LogP contribution is -2.36. The largest absolute Gasteiger partial charge is 0.496 e. The smallest absolute Gasteiger partial charge is 0.227 e. The zero-order chi connectivity index (χ0) is 40.1. The molecule has 3 aromatic carbocycles. The molecule has 13 nitrogen and oxygen atoms in total. The van der Waals surface area contributed by atoms with E-state index >= 15 is 0 Å². The van der Waals surface area contributed by atoms with Crippen LogP contribution >= 0.6 is 0 Å². The van der Waals surface area contributed by atoms with E-state index in [2.05, 4.69) is 42.0 Å². The van der Waals surface area contributed by atoms with Crippen molar-refractivity contribution in [1.29, 1.82) is 5.26 Å². The predicted molar refractivity (Wildman–Crippen MR) is 218 cm³/mol. The van der Waals surface area contributed by atoms with E-state index in [1.165, 1.54) is 0 Å². The second-order valence-corrected chi connectivity index (χ2v) is 16.0. The highest BCUT2D eigenvalue weighted by atomic mass is 16.7. The van der Waals surface area contributed by atoms with Crippen molar-refractivity contribution in [2.75, 3.05) is 34.4 Å². The first-order valence-electron chi connectivity index (χ1n) is 20.2. The average Bonchev–Trinajstić information content (AvgIpc) is 3.59. The lowest BCUT2D eigenvalue weighted by molar-refractivity contribution is 0.0792. The zero-order valence-corrected chi connectivity index (χ0v) is 33.4. The number of aliphatic hydroxyl groups excluding tert-OH is 2. The third-order valence-corrected chi connectivity index (χ3v) is 12.5. The number of piperidine rings is 1. The number of ether oxygens (including phenoxy) is 3. The molecule has 9 rings (SSSR count). The number of hydrogen-bond acceptors (Lipinski definition) is 12. The van der Waals surface area contributed by atoms with Gasteiger partial charge in [-0.1, -0.05) is 24.3 Å². The number of nitriles is 1. The highest BCUT2D eigenvalue weighted by Gasteiger charge is 2.45. The second-order valence-electron chi connectivity index (χ2n) is 16.0. The van der Waals surface area contributed by atoms with Gasteiger partial charge in [-0.15, -0.1) is 0 Å². The van der Waals surface area contributed by atoms with Crippen molar-refractivity contribution in [1.82, 2.24) is 29.5 Å². The zero-order valence-electron chi connectivity index (χ0n) is 33.4. The van der Waals surface area contributed by atoms with Gasteiger partial charge in [0.1, 0.15) is 23.4 Å². The van der Waals surface area contributed by atoms with Crippen LogP contribution in [0.15, 0.2) is 65.2 Å². The number of epoxide rings is 1. The van der Waals surface area contributed by atoms with Crippen LogP contribution < -0.4 is 9.47 Å². The molecule has 1 saturated carbocycles. The summed E-state index contributed by atoms with van der Waals surface area (Å²) < 4.78 is 25.4. The van der Waals surface area contributed by atoms with E-state index in [1.54, 1.807) is 14.2 Å². The molecule has 5 heterocycles. The maximum absolute atomic E-state index is 10.1. The van der Waals surface area contributed by atoms with Crippen LogP contribution in [0.1, 0.15) is 60.8 Å². The molecule has 2 N–H and O–H groups in total. The van der Waals surface area contributed by atoms with Crippen molar-refractivity contribution in [3.8, 4) is 46.1 Å². The summed E-state index contributed by atoms with van der Waals surface area (Å²) in [6.07, 6.45) is 6.71. The number of methoxy groups -OCH3 is 2. The Balaban J connectivity index is 0.994. The van der Waals surface area contributed by atoms with Gasteiger partial charge in [-0.25, -0.2) is 9.67 Å². The Morgan fingerprint density at radius 1 is 0.931 bits per heavy atom. The van der Waals surface area contributed by atoms with E-state index in [4.69, 9.17) is 33.7 Å². The molecule has 1 aliphatic carbocycles. The first kappa shape index (κ1) is 38.2. The number of oxazole rings is 1. The van der Waals surface area contributed by atoms with Crippen molar-refractivity contribution in [2.45, 2.75) is 83.1 Å². The standard InChI is InChI=1S/C45H49N7O6/c1-26-32(7-5-8-33(26)44-48-37-20-27(19-29(22-46)41(37)57-44)24-51-17-15-31(53)16-18-51)34-9-6-10-38-35(34)23-47-52(38)40-21-39(55-3)36(43(49-40)56-4)25-50(2)30-13-11-28(12-14-30)42-45(54)58-42/h5-10,19-21,23,28,30-31,42,45,53-54H,11-18,24-25H2,1-4H3. The van der Waals surface area contributed by atoms with Gasteiger partial charge in [0.25, 0.3) is 0 Å². The molecule has 13 heteroatoms. The van der Waals surface area contributed by atoms with Gasteiger partial charge in [-0.05, 0) is 105 Å². The molecule has 58 heavy (non-hydrogen) atoms. The van der Waals surface area contributed by atoms with E-state index in [0.717, 1.165) is 95.9 Å². The van der Waals surface area contributed by atoms with Crippen LogP contribution in [0.2, 0.25) is 0 Å². The summed E-state index contributed by atoms with van der Waals surface area (Å²) in [5.41, 5.74) is 8.18. The number of nitrogens with zero attached hydrogens (tertiary/aromatic N) is 7. The lowest BCUT2D eigenvalue weighted by Gasteiger charge is -2.34. The Kier molecular flexibility index (Phi) is 10.4. The van der Waals surface area contributed by atoms with Crippen LogP contribution in [0.5, 0.6) is 11.6 Å². The maximum Gasteiger partial charge on any atom is 0.227 e.